The minimum Gasteiger partial charge on any atom is -1.00 e. The second-order valence-corrected chi connectivity index (χ2v) is 6.73. The monoisotopic (exact) mass is 356 g/mol. The topological polar surface area (TPSA) is 0 Å². The largest absolute Gasteiger partial charge is 1.00 e. The zero-order valence-corrected chi connectivity index (χ0v) is 16.3. The van der Waals surface area contributed by atoms with E-state index in [1.54, 1.807) is 20.6 Å². The fourth-order valence-electron chi connectivity index (χ4n) is 3.63. The van der Waals surface area contributed by atoms with Crippen molar-refractivity contribution in [2.24, 2.45) is 29.6 Å². The van der Waals surface area contributed by atoms with Crippen LogP contribution in [-0.4, -0.2) is 0 Å². The van der Waals surface area contributed by atoms with Gasteiger partial charge in [0.15, 0.2) is 0 Å². The van der Waals surface area contributed by atoms with Gasteiger partial charge in [-0.3, -0.25) is 0 Å². The Labute approximate surface area is 148 Å². The smallest absolute Gasteiger partial charge is 1.00 e. The van der Waals surface area contributed by atoms with E-state index in [0.717, 1.165) is 23.7 Å². The maximum atomic E-state index is 2.44. The average Bonchev–Trinajstić information content (AvgIpc) is 2.48. The van der Waals surface area contributed by atoms with Crippen LogP contribution in [0.3, 0.4) is 0 Å². The molecule has 19 heavy (non-hydrogen) atoms. The van der Waals surface area contributed by atoms with Crippen LogP contribution in [0.2, 0.25) is 0 Å². The Balaban J connectivity index is 0. The van der Waals surface area contributed by atoms with Crippen LogP contribution in [0.15, 0.2) is 20.6 Å². The fraction of sp³-hybridized carbons (Fsp3) is 0.733. The molecule has 2 aliphatic carbocycles. The Morgan fingerprint density at radius 2 is 1.21 bits per heavy atom. The molecule has 0 amide bonds. The quantitative estimate of drug-likeness (QED) is 0.383. The molecule has 0 saturated carbocycles. The van der Waals surface area contributed by atoms with Gasteiger partial charge < -0.3 is 37.2 Å². The van der Waals surface area contributed by atoms with Crippen molar-refractivity contribution in [1.82, 2.24) is 0 Å². The van der Waals surface area contributed by atoms with E-state index >= 15 is 0 Å². The van der Waals surface area contributed by atoms with Gasteiger partial charge in [-0.15, -0.1) is 0 Å². The molecule has 0 fully saturated rings. The summed E-state index contributed by atoms with van der Waals surface area (Å²) in [4.78, 5) is 0. The van der Waals surface area contributed by atoms with Crippen LogP contribution in [0.25, 0.3) is 0 Å². The molecular formula is C15H23Cl3Ti. The van der Waals surface area contributed by atoms with Gasteiger partial charge in [0.1, 0.15) is 0 Å². The normalized spacial score (nSPS) is 37.2. The molecule has 0 saturated heterocycles. The molecule has 0 bridgehead atoms. The standard InChI is InChI=1S/C15H23.3ClH.Ti/c1-8-7-14-12(5)10(3)11(4)13(6)15(14)9(8)2;;;;/h9-13H,1-6H3;3*1H;/q;;;;+3/p-3. The van der Waals surface area contributed by atoms with Gasteiger partial charge in [0, 0.05) is 0 Å². The average molecular weight is 358 g/mol. The van der Waals surface area contributed by atoms with Gasteiger partial charge in [-0.2, -0.15) is 0 Å². The molecule has 2 aliphatic rings. The van der Waals surface area contributed by atoms with Crippen LogP contribution >= 0.6 is 0 Å². The third-order valence-electron chi connectivity index (χ3n) is 5.44. The summed E-state index contributed by atoms with van der Waals surface area (Å²) < 4.78 is 1.60. The van der Waals surface area contributed by atoms with Crippen LogP contribution in [0, 0.1) is 29.6 Å². The van der Waals surface area contributed by atoms with E-state index in [1.165, 1.54) is 0 Å². The Bertz CT molecular complexity index is 387. The molecule has 0 nitrogen and oxygen atoms in total. The SMILES string of the molecule is CC1=[C]([Ti+3])C2=C(C1C)C(C)C(C)C(C)C2C.[Cl-].[Cl-].[Cl-]. The van der Waals surface area contributed by atoms with E-state index in [4.69, 9.17) is 0 Å². The molecule has 0 aromatic heterocycles. The van der Waals surface area contributed by atoms with Crippen molar-refractivity contribution >= 4 is 0 Å². The first-order valence-corrected chi connectivity index (χ1v) is 7.32. The Hall–Kier alpha value is 1.06. The van der Waals surface area contributed by atoms with Gasteiger partial charge >= 0.3 is 112 Å². The summed E-state index contributed by atoms with van der Waals surface area (Å²) in [5.74, 6) is 3.86. The van der Waals surface area contributed by atoms with Gasteiger partial charge in [0.25, 0.3) is 0 Å². The van der Waals surface area contributed by atoms with Gasteiger partial charge in [-0.05, 0) is 0 Å². The molecule has 2 rings (SSSR count). The zero-order valence-electron chi connectivity index (χ0n) is 12.5. The van der Waals surface area contributed by atoms with Gasteiger partial charge in [-0.25, -0.2) is 0 Å². The summed E-state index contributed by atoms with van der Waals surface area (Å²) in [7, 11) is 0. The van der Waals surface area contributed by atoms with Crippen molar-refractivity contribution < 1.29 is 57.7 Å². The number of halogens is 3. The molecule has 0 heterocycles. The molecule has 5 unspecified atom stereocenters. The number of allylic oxidation sites excluding steroid dienone is 4. The van der Waals surface area contributed by atoms with E-state index in [9.17, 15) is 0 Å². The van der Waals surface area contributed by atoms with Crippen LogP contribution in [0.5, 0.6) is 0 Å². The summed E-state index contributed by atoms with van der Waals surface area (Å²) in [5, 5.41) is 0. The van der Waals surface area contributed by atoms with E-state index < -0.39 is 0 Å². The molecule has 0 aliphatic heterocycles. The van der Waals surface area contributed by atoms with Crippen LogP contribution in [-0.2, 0) is 20.4 Å². The van der Waals surface area contributed by atoms with Gasteiger partial charge in [0.2, 0.25) is 0 Å². The number of hydrogen-bond acceptors (Lipinski definition) is 0. The summed E-state index contributed by atoms with van der Waals surface area (Å²) in [5.41, 5.74) is 5.08. The first-order valence-electron chi connectivity index (χ1n) is 6.54. The molecule has 0 aromatic carbocycles. The Kier molecular flexibility index (Phi) is 9.29. The number of hydrogen-bond donors (Lipinski definition) is 0. The van der Waals surface area contributed by atoms with Crippen LogP contribution in [0.1, 0.15) is 41.5 Å². The predicted molar refractivity (Wildman–Crippen MR) is 65.5 cm³/mol. The van der Waals surface area contributed by atoms with Crippen molar-refractivity contribution in [3.8, 4) is 0 Å². The van der Waals surface area contributed by atoms with E-state index in [-0.39, 0.29) is 37.2 Å². The molecule has 108 valence electrons. The van der Waals surface area contributed by atoms with Crippen molar-refractivity contribution in [1.29, 1.82) is 0 Å². The predicted octanol–water partition coefficient (Wildman–Crippen LogP) is -4.68. The fourth-order valence-corrected chi connectivity index (χ4v) is 4.55. The minimum atomic E-state index is 0. The number of rotatable bonds is 0. The second kappa shape index (κ2) is 7.90. The van der Waals surface area contributed by atoms with Gasteiger partial charge in [-0.1, -0.05) is 0 Å². The van der Waals surface area contributed by atoms with Crippen molar-refractivity contribution in [3.05, 3.63) is 20.6 Å². The second-order valence-electron chi connectivity index (χ2n) is 5.94. The maximum absolute atomic E-state index is 2.44. The summed E-state index contributed by atoms with van der Waals surface area (Å²) in [6.07, 6.45) is 0. The molecule has 0 N–H and O–H groups in total. The summed E-state index contributed by atoms with van der Waals surface area (Å²) in [6.45, 7) is 14.5. The van der Waals surface area contributed by atoms with Crippen molar-refractivity contribution in [2.75, 3.05) is 0 Å². The Morgan fingerprint density at radius 1 is 0.789 bits per heavy atom. The zero-order chi connectivity index (χ0) is 12.2. The third kappa shape index (κ3) is 3.29. The van der Waals surface area contributed by atoms with E-state index in [0.29, 0.717) is 5.92 Å². The first-order chi connectivity index (χ1) is 7.37. The summed E-state index contributed by atoms with van der Waals surface area (Å²) >= 11 is 2.33. The molecular weight excluding hydrogens is 334 g/mol. The summed E-state index contributed by atoms with van der Waals surface area (Å²) in [6, 6.07) is 0. The van der Waals surface area contributed by atoms with E-state index in [1.807, 2.05) is 0 Å². The third-order valence-corrected chi connectivity index (χ3v) is 6.48. The molecule has 0 spiro atoms. The molecule has 5 atom stereocenters. The maximum Gasteiger partial charge on any atom is -1.00 e. The Morgan fingerprint density at radius 3 is 1.68 bits per heavy atom. The van der Waals surface area contributed by atoms with Crippen LogP contribution in [0.4, 0.5) is 0 Å². The molecule has 0 aromatic rings. The van der Waals surface area contributed by atoms with Gasteiger partial charge in [0.05, 0.1) is 0 Å². The van der Waals surface area contributed by atoms with Crippen LogP contribution < -0.4 is 37.2 Å². The molecule has 0 radical (unpaired) electrons. The molecule has 4 heteroatoms. The van der Waals surface area contributed by atoms with E-state index in [2.05, 4.69) is 62.0 Å². The van der Waals surface area contributed by atoms with Crippen molar-refractivity contribution in [2.45, 2.75) is 41.5 Å². The van der Waals surface area contributed by atoms with Crippen molar-refractivity contribution in [3.63, 3.8) is 0 Å². The minimum absolute atomic E-state index is 0. The first kappa shape index (κ1) is 22.3.